The summed E-state index contributed by atoms with van der Waals surface area (Å²) in [7, 11) is 0. The third-order valence-electron chi connectivity index (χ3n) is 10.6. The Kier molecular flexibility index (Phi) is 5.95. The smallest absolute Gasteiger partial charge is 0.160 e. The average Bonchev–Trinajstić information content (AvgIpc) is 3.38. The Morgan fingerprint density at radius 2 is 1.12 bits per heavy atom. The van der Waals surface area contributed by atoms with E-state index in [1.165, 1.54) is 65.7 Å². The van der Waals surface area contributed by atoms with Gasteiger partial charge in [0.05, 0.1) is 11.2 Å². The van der Waals surface area contributed by atoms with E-state index in [-0.39, 0.29) is 5.41 Å². The highest BCUT2D eigenvalue weighted by Gasteiger charge is 2.35. The van der Waals surface area contributed by atoms with E-state index in [0.29, 0.717) is 0 Å². The van der Waals surface area contributed by atoms with Crippen molar-refractivity contribution in [2.75, 3.05) is 0 Å². The molecule has 0 bridgehead atoms. The van der Waals surface area contributed by atoms with Crippen LogP contribution in [0.5, 0.6) is 0 Å². The fourth-order valence-corrected chi connectivity index (χ4v) is 8.13. The zero-order valence-electron chi connectivity index (χ0n) is 27.4. The Hall–Kier alpha value is -6.12. The van der Waals surface area contributed by atoms with Crippen molar-refractivity contribution in [1.29, 1.82) is 0 Å². The molecular weight excluding hydrogens is 593 g/mol. The van der Waals surface area contributed by atoms with Gasteiger partial charge in [0.1, 0.15) is 0 Å². The summed E-state index contributed by atoms with van der Waals surface area (Å²) in [4.78, 5) is 10.4. The molecule has 1 aliphatic rings. The van der Waals surface area contributed by atoms with Gasteiger partial charge in [-0.25, -0.2) is 9.97 Å². The quantitative estimate of drug-likeness (QED) is 0.183. The lowest BCUT2D eigenvalue weighted by Gasteiger charge is -2.22. The first-order valence-corrected chi connectivity index (χ1v) is 17.0. The van der Waals surface area contributed by atoms with Gasteiger partial charge in [0.15, 0.2) is 5.82 Å². The number of nitrogens with zero attached hydrogens (tertiary/aromatic N) is 2. The van der Waals surface area contributed by atoms with E-state index in [1.54, 1.807) is 0 Å². The third kappa shape index (κ3) is 4.27. The van der Waals surface area contributed by atoms with Crippen molar-refractivity contribution in [3.63, 3.8) is 0 Å². The normalized spacial score (nSPS) is 13.3. The molecule has 0 spiro atoms. The van der Waals surface area contributed by atoms with Crippen molar-refractivity contribution in [3.05, 3.63) is 169 Å². The molecule has 0 saturated carbocycles. The minimum Gasteiger partial charge on any atom is -0.228 e. The first-order chi connectivity index (χ1) is 24.0. The summed E-state index contributed by atoms with van der Waals surface area (Å²) in [6.07, 6.45) is 0. The van der Waals surface area contributed by atoms with Crippen molar-refractivity contribution in [2.24, 2.45) is 0 Å². The van der Waals surface area contributed by atoms with Crippen molar-refractivity contribution in [1.82, 2.24) is 9.97 Å². The van der Waals surface area contributed by atoms with Crippen LogP contribution >= 0.6 is 0 Å². The number of fused-ring (bicyclic) bond motifs is 9. The molecule has 2 nitrogen and oxygen atoms in total. The lowest BCUT2D eigenvalue weighted by atomic mass is 9.81. The predicted octanol–water partition coefficient (Wildman–Crippen LogP) is 12.4. The Morgan fingerprint density at radius 1 is 0.408 bits per heavy atom. The van der Waals surface area contributed by atoms with E-state index in [9.17, 15) is 0 Å². The molecule has 0 radical (unpaired) electrons. The lowest BCUT2D eigenvalue weighted by Crippen LogP contribution is -2.14. The van der Waals surface area contributed by atoms with Gasteiger partial charge in [0.2, 0.25) is 0 Å². The summed E-state index contributed by atoms with van der Waals surface area (Å²) < 4.78 is 0. The van der Waals surface area contributed by atoms with Gasteiger partial charge in [-0.2, -0.15) is 0 Å². The maximum Gasteiger partial charge on any atom is 0.160 e. The molecule has 0 amide bonds. The largest absolute Gasteiger partial charge is 0.228 e. The van der Waals surface area contributed by atoms with Crippen LogP contribution in [0, 0.1) is 0 Å². The van der Waals surface area contributed by atoms with Crippen LogP contribution in [0.1, 0.15) is 25.0 Å². The molecular formula is C47H32N2. The van der Waals surface area contributed by atoms with E-state index in [0.717, 1.165) is 33.5 Å². The second-order valence-electron chi connectivity index (χ2n) is 13.8. The highest BCUT2D eigenvalue weighted by atomic mass is 14.9. The second-order valence-corrected chi connectivity index (χ2v) is 13.8. The molecule has 230 valence electrons. The molecule has 49 heavy (non-hydrogen) atoms. The fraction of sp³-hybridized carbons (Fsp3) is 0.0638. The van der Waals surface area contributed by atoms with Gasteiger partial charge in [-0.1, -0.05) is 141 Å². The molecule has 0 saturated heterocycles. The van der Waals surface area contributed by atoms with Crippen LogP contribution in [0.4, 0.5) is 0 Å². The van der Waals surface area contributed by atoms with Crippen LogP contribution < -0.4 is 0 Å². The van der Waals surface area contributed by atoms with Gasteiger partial charge in [0, 0.05) is 21.9 Å². The highest BCUT2D eigenvalue weighted by molar-refractivity contribution is 6.21. The predicted molar refractivity (Wildman–Crippen MR) is 206 cm³/mol. The summed E-state index contributed by atoms with van der Waals surface area (Å²) in [5.74, 6) is 0.732. The standard InChI is InChI=1S/C47H32N2/c1-47(2)41-17-8-6-15-37(41)40-28-39-33(27-42(40)47)22-20-30-19-21-32-26-35(23-24-36(32)44(30)39)46-48-43-18-9-7-16-38(43)45(49-46)34-14-10-13-31(25-34)29-11-4-3-5-12-29/h3-28H,1-2H3. The molecule has 1 aliphatic carbocycles. The minimum absolute atomic E-state index is 0.0235. The Morgan fingerprint density at radius 3 is 2.00 bits per heavy atom. The topological polar surface area (TPSA) is 25.8 Å². The summed E-state index contributed by atoms with van der Waals surface area (Å²) in [5, 5.41) is 8.60. The second kappa shape index (κ2) is 10.4. The number of rotatable bonds is 3. The van der Waals surface area contributed by atoms with Gasteiger partial charge < -0.3 is 0 Å². The highest BCUT2D eigenvalue weighted by Crippen LogP contribution is 2.50. The van der Waals surface area contributed by atoms with E-state index in [1.807, 2.05) is 0 Å². The lowest BCUT2D eigenvalue weighted by molar-refractivity contribution is 0.661. The van der Waals surface area contributed by atoms with E-state index < -0.39 is 0 Å². The van der Waals surface area contributed by atoms with Crippen LogP contribution in [0.25, 0.3) is 88.1 Å². The first-order valence-electron chi connectivity index (χ1n) is 17.0. The average molecular weight is 625 g/mol. The number of benzene rings is 8. The first kappa shape index (κ1) is 27.9. The molecule has 0 atom stereocenters. The van der Waals surface area contributed by atoms with Gasteiger partial charge in [-0.3, -0.25) is 0 Å². The van der Waals surface area contributed by atoms with E-state index in [2.05, 4.69) is 172 Å². The summed E-state index contributed by atoms with van der Waals surface area (Å²) in [6.45, 7) is 4.70. The number of hydrogen-bond acceptors (Lipinski definition) is 2. The minimum atomic E-state index is -0.0235. The zero-order valence-corrected chi connectivity index (χ0v) is 27.4. The van der Waals surface area contributed by atoms with Crippen molar-refractivity contribution < 1.29 is 0 Å². The Labute approximate surface area is 285 Å². The molecule has 2 heteroatoms. The van der Waals surface area contributed by atoms with Gasteiger partial charge in [-0.05, 0) is 96.0 Å². The molecule has 0 aliphatic heterocycles. The molecule has 10 rings (SSSR count). The van der Waals surface area contributed by atoms with Crippen LogP contribution in [0.3, 0.4) is 0 Å². The summed E-state index contributed by atoms with van der Waals surface area (Å²) in [5.41, 5.74) is 11.8. The van der Waals surface area contributed by atoms with Crippen LogP contribution in [-0.2, 0) is 5.41 Å². The molecule has 8 aromatic carbocycles. The maximum absolute atomic E-state index is 5.26. The van der Waals surface area contributed by atoms with Crippen LogP contribution in [0.15, 0.2) is 158 Å². The SMILES string of the molecule is CC1(C)c2ccccc2-c2cc3c(ccc4ccc5cc(-c6nc(-c7cccc(-c8ccccc8)c7)c7ccccc7n6)ccc5c43)cc21. The third-order valence-corrected chi connectivity index (χ3v) is 10.6. The van der Waals surface area contributed by atoms with Crippen molar-refractivity contribution in [3.8, 4) is 44.9 Å². The molecule has 0 unspecified atom stereocenters. The molecule has 1 heterocycles. The summed E-state index contributed by atoms with van der Waals surface area (Å²) >= 11 is 0. The Bertz CT molecular complexity index is 2790. The maximum atomic E-state index is 5.26. The number of para-hydroxylation sites is 1. The monoisotopic (exact) mass is 624 g/mol. The summed E-state index contributed by atoms with van der Waals surface area (Å²) in [6, 6.07) is 57.1. The van der Waals surface area contributed by atoms with Crippen molar-refractivity contribution >= 4 is 43.2 Å². The zero-order chi connectivity index (χ0) is 32.7. The van der Waals surface area contributed by atoms with Gasteiger partial charge >= 0.3 is 0 Å². The Balaban J connectivity index is 1.15. The van der Waals surface area contributed by atoms with Crippen LogP contribution in [0.2, 0.25) is 0 Å². The van der Waals surface area contributed by atoms with E-state index >= 15 is 0 Å². The van der Waals surface area contributed by atoms with E-state index in [4.69, 9.17) is 9.97 Å². The van der Waals surface area contributed by atoms with Gasteiger partial charge in [0.25, 0.3) is 0 Å². The van der Waals surface area contributed by atoms with Crippen LogP contribution in [-0.4, -0.2) is 9.97 Å². The number of hydrogen-bond donors (Lipinski definition) is 0. The van der Waals surface area contributed by atoms with Crippen molar-refractivity contribution in [2.45, 2.75) is 19.3 Å². The molecule has 0 fully saturated rings. The number of aromatic nitrogens is 2. The van der Waals surface area contributed by atoms with Gasteiger partial charge in [-0.15, -0.1) is 0 Å². The molecule has 1 aromatic heterocycles. The fourth-order valence-electron chi connectivity index (χ4n) is 8.13. The molecule has 0 N–H and O–H groups in total. The molecule has 9 aromatic rings.